The highest BCUT2D eigenvalue weighted by atomic mass is 32.1. The van der Waals surface area contributed by atoms with Crippen molar-refractivity contribution in [3.63, 3.8) is 0 Å². The number of aliphatic hydroxyl groups excluding tert-OH is 1. The molecule has 1 aromatic heterocycles. The summed E-state index contributed by atoms with van der Waals surface area (Å²) in [6.45, 7) is 8.12. The molecular weight excluding hydrogens is 516 g/mol. The topological polar surface area (TPSA) is 106 Å². The lowest BCUT2D eigenvalue weighted by Crippen LogP contribution is -2.37. The number of ether oxygens (including phenoxy) is 2. The maximum atomic E-state index is 13.5. The summed E-state index contributed by atoms with van der Waals surface area (Å²) in [7, 11) is 0. The molecule has 1 saturated heterocycles. The number of anilines is 1. The number of nitrogens with zero attached hydrogens (tertiary/aromatic N) is 2. The maximum absolute atomic E-state index is 13.5. The van der Waals surface area contributed by atoms with Crippen molar-refractivity contribution >= 4 is 39.9 Å². The van der Waals surface area contributed by atoms with Gasteiger partial charge in [-0.25, -0.2) is 9.78 Å². The summed E-state index contributed by atoms with van der Waals surface area (Å²) in [4.78, 5) is 45.4. The summed E-state index contributed by atoms with van der Waals surface area (Å²) in [6, 6.07) is 15.4. The third-order valence-corrected chi connectivity index (χ3v) is 7.77. The molecule has 0 spiro atoms. The van der Waals surface area contributed by atoms with Crippen LogP contribution in [-0.2, 0) is 14.3 Å². The van der Waals surface area contributed by atoms with Gasteiger partial charge in [-0.15, -0.1) is 0 Å². The molecule has 204 valence electrons. The fraction of sp³-hybridized carbons (Fsp3) is 0.333. The van der Waals surface area contributed by atoms with Gasteiger partial charge in [-0.3, -0.25) is 14.5 Å². The Bertz CT molecular complexity index is 1380. The molecule has 8 nitrogen and oxygen atoms in total. The number of thiazole rings is 1. The molecule has 1 amide bonds. The second-order valence-corrected chi connectivity index (χ2v) is 10.2. The minimum absolute atomic E-state index is 0.0125. The third kappa shape index (κ3) is 5.73. The first-order chi connectivity index (χ1) is 18.8. The Kier molecular flexibility index (Phi) is 8.81. The fourth-order valence-electron chi connectivity index (χ4n) is 4.55. The number of unbranched alkanes of at least 4 members (excludes halogenated alkanes) is 1. The Morgan fingerprint density at radius 1 is 1.10 bits per heavy atom. The average Bonchev–Trinajstić information content (AvgIpc) is 3.45. The number of rotatable bonds is 10. The van der Waals surface area contributed by atoms with Crippen LogP contribution in [-0.4, -0.2) is 47.0 Å². The lowest BCUT2D eigenvalue weighted by molar-refractivity contribution is -0.132. The standard InChI is InChI=1S/C30H32N2O6S/c1-5-7-17-38-22-15-13-21(14-16-22)25(33)23-24(18(3)20-11-9-8-10-12-20)32(28(35)26(23)34)30-31-19(4)27(39-30)29(36)37-6-2/h8-16,18,24,33H,5-7,17H2,1-4H3/b25-23+. The van der Waals surface area contributed by atoms with E-state index >= 15 is 0 Å². The molecule has 3 aromatic rings. The summed E-state index contributed by atoms with van der Waals surface area (Å²) in [6.07, 6.45) is 1.94. The first kappa shape index (κ1) is 28.0. The minimum Gasteiger partial charge on any atom is -0.507 e. The van der Waals surface area contributed by atoms with Crippen molar-refractivity contribution in [2.75, 3.05) is 18.1 Å². The van der Waals surface area contributed by atoms with Gasteiger partial charge < -0.3 is 14.6 Å². The van der Waals surface area contributed by atoms with E-state index in [0.717, 1.165) is 29.7 Å². The number of esters is 1. The lowest BCUT2D eigenvalue weighted by Gasteiger charge is -2.28. The monoisotopic (exact) mass is 548 g/mol. The van der Waals surface area contributed by atoms with Crippen LogP contribution < -0.4 is 9.64 Å². The van der Waals surface area contributed by atoms with Crippen LogP contribution >= 0.6 is 11.3 Å². The van der Waals surface area contributed by atoms with E-state index in [1.54, 1.807) is 38.1 Å². The Morgan fingerprint density at radius 2 is 1.79 bits per heavy atom. The molecule has 4 rings (SSSR count). The second kappa shape index (κ2) is 12.3. The Balaban J connectivity index is 1.80. The predicted molar refractivity (Wildman–Crippen MR) is 150 cm³/mol. The summed E-state index contributed by atoms with van der Waals surface area (Å²) in [5.74, 6) is -2.17. The van der Waals surface area contributed by atoms with Gasteiger partial charge in [-0.05, 0) is 50.1 Å². The predicted octanol–water partition coefficient (Wildman–Crippen LogP) is 5.86. The summed E-state index contributed by atoms with van der Waals surface area (Å²) >= 11 is 0.994. The van der Waals surface area contributed by atoms with Crippen molar-refractivity contribution < 1.29 is 29.0 Å². The molecule has 2 heterocycles. The average molecular weight is 549 g/mol. The van der Waals surface area contributed by atoms with E-state index < -0.39 is 23.7 Å². The van der Waals surface area contributed by atoms with Crippen LogP contribution in [0.25, 0.3) is 5.76 Å². The number of carbonyl (C=O) groups excluding carboxylic acids is 3. The van der Waals surface area contributed by atoms with Crippen molar-refractivity contribution in [3.8, 4) is 5.75 Å². The van der Waals surface area contributed by atoms with Gasteiger partial charge in [0.1, 0.15) is 16.4 Å². The van der Waals surface area contributed by atoms with Crippen molar-refractivity contribution in [2.24, 2.45) is 0 Å². The van der Waals surface area contributed by atoms with Crippen LogP contribution in [0.3, 0.4) is 0 Å². The van der Waals surface area contributed by atoms with Gasteiger partial charge >= 0.3 is 11.9 Å². The molecule has 9 heteroatoms. The molecular formula is C30H32N2O6S. The number of amides is 1. The van der Waals surface area contributed by atoms with Crippen molar-refractivity contribution in [3.05, 3.63) is 81.9 Å². The molecule has 0 saturated carbocycles. The van der Waals surface area contributed by atoms with Crippen LogP contribution in [0.5, 0.6) is 5.75 Å². The summed E-state index contributed by atoms with van der Waals surface area (Å²) < 4.78 is 10.9. The first-order valence-electron chi connectivity index (χ1n) is 13.0. The number of Topliss-reactive ketones (excluding diaryl/α,β-unsaturated/α-hetero) is 1. The van der Waals surface area contributed by atoms with Gasteiger partial charge in [-0.1, -0.05) is 61.9 Å². The number of aryl methyl sites for hydroxylation is 1. The third-order valence-electron chi connectivity index (χ3n) is 6.63. The van der Waals surface area contributed by atoms with Gasteiger partial charge in [0, 0.05) is 11.5 Å². The SMILES string of the molecule is CCCCOc1ccc(/C(O)=C2\C(=O)C(=O)N(c3nc(C)c(C(=O)OCC)s3)C2C(C)c2ccccc2)cc1. The number of aliphatic hydroxyl groups is 1. The van der Waals surface area contributed by atoms with Gasteiger partial charge in [0.25, 0.3) is 5.78 Å². The molecule has 1 N–H and O–H groups in total. The van der Waals surface area contributed by atoms with E-state index in [1.165, 1.54) is 4.90 Å². The largest absolute Gasteiger partial charge is 0.507 e. The summed E-state index contributed by atoms with van der Waals surface area (Å²) in [5.41, 5.74) is 1.66. The van der Waals surface area contributed by atoms with E-state index in [9.17, 15) is 19.5 Å². The van der Waals surface area contributed by atoms with Crippen LogP contribution in [0.4, 0.5) is 5.13 Å². The molecule has 1 aliphatic rings. The number of hydrogen-bond donors (Lipinski definition) is 1. The van der Waals surface area contributed by atoms with Gasteiger partial charge in [-0.2, -0.15) is 0 Å². The zero-order valence-corrected chi connectivity index (χ0v) is 23.3. The van der Waals surface area contributed by atoms with Crippen LogP contribution in [0.15, 0.2) is 60.2 Å². The molecule has 0 radical (unpaired) electrons. The molecule has 2 unspecified atom stereocenters. The highest BCUT2D eigenvalue weighted by Crippen LogP contribution is 2.42. The van der Waals surface area contributed by atoms with Crippen LogP contribution in [0.1, 0.15) is 66.0 Å². The van der Waals surface area contributed by atoms with Crippen molar-refractivity contribution in [2.45, 2.75) is 52.5 Å². The lowest BCUT2D eigenvalue weighted by atomic mass is 9.87. The van der Waals surface area contributed by atoms with Gasteiger partial charge in [0.2, 0.25) is 0 Å². The first-order valence-corrected chi connectivity index (χ1v) is 13.8. The fourth-order valence-corrected chi connectivity index (χ4v) is 5.55. The Morgan fingerprint density at radius 3 is 2.44 bits per heavy atom. The zero-order chi connectivity index (χ0) is 28.1. The highest BCUT2D eigenvalue weighted by Gasteiger charge is 2.50. The zero-order valence-electron chi connectivity index (χ0n) is 22.5. The number of benzene rings is 2. The normalized spacial score (nSPS) is 17.3. The smallest absolute Gasteiger partial charge is 0.350 e. The van der Waals surface area contributed by atoms with Crippen LogP contribution in [0, 0.1) is 6.92 Å². The number of hydrogen-bond acceptors (Lipinski definition) is 8. The van der Waals surface area contributed by atoms with E-state index in [4.69, 9.17) is 9.47 Å². The van der Waals surface area contributed by atoms with Crippen molar-refractivity contribution in [1.82, 2.24) is 4.98 Å². The van der Waals surface area contributed by atoms with E-state index in [-0.39, 0.29) is 33.9 Å². The van der Waals surface area contributed by atoms with Crippen molar-refractivity contribution in [1.29, 1.82) is 0 Å². The van der Waals surface area contributed by atoms with E-state index in [2.05, 4.69) is 11.9 Å². The molecule has 0 aliphatic carbocycles. The Labute approximate surface area is 231 Å². The second-order valence-electron chi connectivity index (χ2n) is 9.27. The minimum atomic E-state index is -0.853. The van der Waals surface area contributed by atoms with Crippen LogP contribution in [0.2, 0.25) is 0 Å². The molecule has 2 aromatic carbocycles. The molecule has 1 fully saturated rings. The molecule has 2 atom stereocenters. The summed E-state index contributed by atoms with van der Waals surface area (Å²) in [5, 5.41) is 11.6. The highest BCUT2D eigenvalue weighted by molar-refractivity contribution is 7.17. The Hall–Kier alpha value is -3.98. The molecule has 0 bridgehead atoms. The van der Waals surface area contributed by atoms with E-state index in [1.807, 2.05) is 37.3 Å². The quantitative estimate of drug-likeness (QED) is 0.111. The van der Waals surface area contributed by atoms with Gasteiger partial charge in [0.05, 0.1) is 30.5 Å². The van der Waals surface area contributed by atoms with Gasteiger partial charge in [0.15, 0.2) is 5.13 Å². The number of aromatic nitrogens is 1. The van der Waals surface area contributed by atoms with E-state index in [0.29, 0.717) is 23.6 Å². The molecule has 1 aliphatic heterocycles. The molecule has 39 heavy (non-hydrogen) atoms. The maximum Gasteiger partial charge on any atom is 0.350 e. The number of ketones is 1. The number of carbonyl (C=O) groups is 3.